The molecule has 94 valence electrons. The van der Waals surface area contributed by atoms with E-state index in [-0.39, 0.29) is 5.97 Å². The normalized spacial score (nSPS) is 17.3. The smallest absolute Gasteiger partial charge is 0.324 e. The van der Waals surface area contributed by atoms with Crippen molar-refractivity contribution >= 4 is 5.97 Å². The van der Waals surface area contributed by atoms with E-state index in [1.807, 2.05) is 0 Å². The number of nitrogens with one attached hydrogen (secondary N) is 1. The van der Waals surface area contributed by atoms with Crippen LogP contribution >= 0.6 is 0 Å². The lowest BCUT2D eigenvalue weighted by Crippen LogP contribution is -2.33. The molecule has 1 N–H and O–H groups in total. The summed E-state index contributed by atoms with van der Waals surface area (Å²) < 4.78 is 0. The van der Waals surface area contributed by atoms with Gasteiger partial charge >= 0.3 is 5.97 Å². The molecule has 0 saturated heterocycles. The topological polar surface area (TPSA) is 38.3 Å². The van der Waals surface area contributed by atoms with Gasteiger partial charge in [-0.3, -0.25) is 4.79 Å². The van der Waals surface area contributed by atoms with E-state index in [2.05, 4.69) is 12.4 Å². The van der Waals surface area contributed by atoms with E-state index in [1.165, 1.54) is 32.1 Å². The van der Waals surface area contributed by atoms with Crippen LogP contribution in [0.1, 0.15) is 71.1 Å². The van der Waals surface area contributed by atoms with Crippen LogP contribution < -0.4 is 5.48 Å². The van der Waals surface area contributed by atoms with Gasteiger partial charge in [0.05, 0.1) is 0 Å². The van der Waals surface area contributed by atoms with Crippen LogP contribution in [-0.2, 0) is 9.63 Å². The Morgan fingerprint density at radius 3 is 2.62 bits per heavy atom. The van der Waals surface area contributed by atoms with Crippen LogP contribution in [0.25, 0.3) is 0 Å². The van der Waals surface area contributed by atoms with Gasteiger partial charge in [-0.2, -0.15) is 5.48 Å². The first-order valence-corrected chi connectivity index (χ1v) is 6.78. The zero-order valence-corrected chi connectivity index (χ0v) is 10.5. The van der Waals surface area contributed by atoms with E-state index in [1.54, 1.807) is 0 Å². The van der Waals surface area contributed by atoms with Gasteiger partial charge in [-0.05, 0) is 19.3 Å². The Kier molecular flexibility index (Phi) is 7.23. The summed E-state index contributed by atoms with van der Waals surface area (Å²) in [5.41, 5.74) is 2.91. The highest BCUT2D eigenvalue weighted by Gasteiger charge is 2.14. The van der Waals surface area contributed by atoms with Crippen LogP contribution in [0.3, 0.4) is 0 Å². The molecule has 0 bridgehead atoms. The van der Waals surface area contributed by atoms with Crippen molar-refractivity contribution in [3.05, 3.63) is 0 Å². The second-order valence-electron chi connectivity index (χ2n) is 4.74. The molecule has 0 heterocycles. The van der Waals surface area contributed by atoms with Gasteiger partial charge in [-0.1, -0.05) is 45.4 Å². The largest absolute Gasteiger partial charge is 0.370 e. The van der Waals surface area contributed by atoms with Crippen LogP contribution in [0.2, 0.25) is 0 Å². The molecule has 1 aliphatic rings. The van der Waals surface area contributed by atoms with E-state index >= 15 is 0 Å². The van der Waals surface area contributed by atoms with Crippen molar-refractivity contribution in [3.8, 4) is 0 Å². The zero-order valence-electron chi connectivity index (χ0n) is 10.5. The second kappa shape index (κ2) is 8.57. The summed E-state index contributed by atoms with van der Waals surface area (Å²) in [5.74, 6) is -0.0957. The van der Waals surface area contributed by atoms with Gasteiger partial charge in [-0.15, -0.1) is 0 Å². The molecule has 1 rings (SSSR count). The Morgan fingerprint density at radius 2 is 1.94 bits per heavy atom. The van der Waals surface area contributed by atoms with Crippen LogP contribution in [0, 0.1) is 0 Å². The first-order chi connectivity index (χ1) is 7.83. The molecule has 0 aromatic rings. The molecule has 0 radical (unpaired) electrons. The van der Waals surface area contributed by atoms with E-state index in [0.29, 0.717) is 12.5 Å². The minimum atomic E-state index is -0.0957. The Hall–Kier alpha value is -0.570. The van der Waals surface area contributed by atoms with Gasteiger partial charge in [0.15, 0.2) is 0 Å². The highest BCUT2D eigenvalue weighted by molar-refractivity contribution is 5.68. The molecule has 1 fully saturated rings. The third-order valence-electron chi connectivity index (χ3n) is 3.18. The van der Waals surface area contributed by atoms with Crippen LogP contribution in [0.5, 0.6) is 0 Å². The third kappa shape index (κ3) is 6.11. The molecule has 0 spiro atoms. The summed E-state index contributed by atoms with van der Waals surface area (Å²) in [7, 11) is 0. The zero-order chi connectivity index (χ0) is 11.6. The predicted molar refractivity (Wildman–Crippen MR) is 64.9 cm³/mol. The molecular formula is C13H25NO2. The molecule has 16 heavy (non-hydrogen) atoms. The number of unbranched alkanes of at least 4 members (excludes halogenated alkanes) is 3. The monoisotopic (exact) mass is 227 g/mol. The molecule has 3 nitrogen and oxygen atoms in total. The van der Waals surface area contributed by atoms with Crippen molar-refractivity contribution in [2.45, 2.75) is 77.2 Å². The lowest BCUT2D eigenvalue weighted by Gasteiger charge is -2.21. The van der Waals surface area contributed by atoms with Gasteiger partial charge in [0.2, 0.25) is 0 Å². The number of hydrogen-bond acceptors (Lipinski definition) is 3. The van der Waals surface area contributed by atoms with E-state index < -0.39 is 0 Å². The van der Waals surface area contributed by atoms with E-state index in [9.17, 15) is 4.79 Å². The number of carbonyl (C=O) groups is 1. The molecule has 0 aromatic carbocycles. The Labute approximate surface area is 98.9 Å². The summed E-state index contributed by atoms with van der Waals surface area (Å²) >= 11 is 0. The number of hydrogen-bond donors (Lipinski definition) is 1. The minimum absolute atomic E-state index is 0.0957. The summed E-state index contributed by atoms with van der Waals surface area (Å²) in [6.07, 6.45) is 11.2. The third-order valence-corrected chi connectivity index (χ3v) is 3.18. The van der Waals surface area contributed by atoms with E-state index in [4.69, 9.17) is 4.84 Å². The summed E-state index contributed by atoms with van der Waals surface area (Å²) in [4.78, 5) is 16.4. The molecule has 0 aliphatic heterocycles. The first-order valence-electron chi connectivity index (χ1n) is 6.78. The molecule has 3 heteroatoms. The minimum Gasteiger partial charge on any atom is -0.370 e. The molecular weight excluding hydrogens is 202 g/mol. The maximum atomic E-state index is 11.4. The number of rotatable bonds is 7. The SMILES string of the molecule is CCCCCCC(=O)ONC1CCCCC1. The molecule has 0 unspecified atom stereocenters. The highest BCUT2D eigenvalue weighted by atomic mass is 16.7. The summed E-state index contributed by atoms with van der Waals surface area (Å²) in [6, 6.07) is 0.397. The van der Waals surface area contributed by atoms with Gasteiger partial charge in [-0.25, -0.2) is 0 Å². The predicted octanol–water partition coefficient (Wildman–Crippen LogP) is 3.34. The fraction of sp³-hybridized carbons (Fsp3) is 0.923. The quantitative estimate of drug-likeness (QED) is 0.535. The maximum Gasteiger partial charge on any atom is 0.324 e. The van der Waals surface area contributed by atoms with Gasteiger partial charge in [0, 0.05) is 12.5 Å². The Bertz CT molecular complexity index is 188. The van der Waals surface area contributed by atoms with Crippen molar-refractivity contribution in [2.24, 2.45) is 0 Å². The van der Waals surface area contributed by atoms with Crippen molar-refractivity contribution < 1.29 is 9.63 Å². The maximum absolute atomic E-state index is 11.4. The fourth-order valence-corrected chi connectivity index (χ4v) is 2.12. The van der Waals surface area contributed by atoms with Crippen LogP contribution in [-0.4, -0.2) is 12.0 Å². The second-order valence-corrected chi connectivity index (χ2v) is 4.74. The average molecular weight is 227 g/mol. The van der Waals surface area contributed by atoms with Gasteiger partial charge in [0.1, 0.15) is 0 Å². The summed E-state index contributed by atoms with van der Waals surface area (Å²) in [6.45, 7) is 2.17. The van der Waals surface area contributed by atoms with Crippen molar-refractivity contribution in [2.75, 3.05) is 0 Å². The standard InChI is InChI=1S/C13H25NO2/c1-2-3-4-8-11-13(15)16-14-12-9-6-5-7-10-12/h12,14H,2-11H2,1H3. The van der Waals surface area contributed by atoms with Crippen LogP contribution in [0.15, 0.2) is 0 Å². The van der Waals surface area contributed by atoms with Crippen LogP contribution in [0.4, 0.5) is 0 Å². The van der Waals surface area contributed by atoms with Crippen molar-refractivity contribution in [3.63, 3.8) is 0 Å². The fourth-order valence-electron chi connectivity index (χ4n) is 2.12. The Balaban J connectivity index is 1.96. The number of carbonyl (C=O) groups excluding carboxylic acids is 1. The van der Waals surface area contributed by atoms with E-state index in [0.717, 1.165) is 25.7 Å². The number of hydroxylamine groups is 1. The average Bonchev–Trinajstić information content (AvgIpc) is 2.33. The molecule has 1 aliphatic carbocycles. The molecule has 0 aromatic heterocycles. The van der Waals surface area contributed by atoms with Crippen molar-refractivity contribution in [1.29, 1.82) is 0 Å². The Morgan fingerprint density at radius 1 is 1.19 bits per heavy atom. The highest BCUT2D eigenvalue weighted by Crippen LogP contribution is 2.17. The molecule has 0 atom stereocenters. The molecule has 1 saturated carbocycles. The lowest BCUT2D eigenvalue weighted by molar-refractivity contribution is -0.153. The van der Waals surface area contributed by atoms with Gasteiger partial charge in [0.25, 0.3) is 0 Å². The lowest BCUT2D eigenvalue weighted by atomic mass is 9.96. The molecule has 0 amide bonds. The van der Waals surface area contributed by atoms with Crippen molar-refractivity contribution in [1.82, 2.24) is 5.48 Å². The van der Waals surface area contributed by atoms with Gasteiger partial charge < -0.3 is 4.84 Å². The first kappa shape index (κ1) is 13.5. The summed E-state index contributed by atoms with van der Waals surface area (Å²) in [5, 5.41) is 0.